The summed E-state index contributed by atoms with van der Waals surface area (Å²) in [4.78, 5) is 19.2. The Kier molecular flexibility index (Phi) is 4.20. The molecule has 1 heterocycles. The van der Waals surface area contributed by atoms with Crippen molar-refractivity contribution < 1.29 is 9.53 Å². The van der Waals surface area contributed by atoms with Crippen molar-refractivity contribution in [1.29, 1.82) is 0 Å². The molecule has 2 rings (SSSR count). The van der Waals surface area contributed by atoms with Gasteiger partial charge in [-0.15, -0.1) is 0 Å². The Morgan fingerprint density at radius 2 is 1.84 bits per heavy atom. The van der Waals surface area contributed by atoms with E-state index in [4.69, 9.17) is 5.73 Å². The number of aromatic nitrogens is 2. The minimum absolute atomic E-state index is 0.402. The van der Waals surface area contributed by atoms with Gasteiger partial charge in [-0.2, -0.15) is 0 Å². The molecule has 2 aromatic rings. The Balaban J connectivity index is 2.09. The van der Waals surface area contributed by atoms with E-state index in [0.29, 0.717) is 6.42 Å². The molecule has 98 valence electrons. The summed E-state index contributed by atoms with van der Waals surface area (Å²) in [7, 11) is 1.33. The Morgan fingerprint density at radius 1 is 1.21 bits per heavy atom. The van der Waals surface area contributed by atoms with E-state index in [9.17, 15) is 4.79 Å². The molecule has 0 aliphatic heterocycles. The second-order valence-corrected chi connectivity index (χ2v) is 4.16. The zero-order valence-electron chi connectivity index (χ0n) is 10.6. The molecule has 1 aromatic carbocycles. The summed E-state index contributed by atoms with van der Waals surface area (Å²) in [5.41, 5.74) is 8.67. The zero-order valence-corrected chi connectivity index (χ0v) is 10.6. The maximum absolute atomic E-state index is 11.2. The van der Waals surface area contributed by atoms with Crippen LogP contribution in [0.1, 0.15) is 5.56 Å². The number of nitrogens with zero attached hydrogens (tertiary/aromatic N) is 2. The van der Waals surface area contributed by atoms with Gasteiger partial charge in [0.05, 0.1) is 7.11 Å². The van der Waals surface area contributed by atoms with Crippen LogP contribution in [0.4, 0.5) is 0 Å². The summed E-state index contributed by atoms with van der Waals surface area (Å²) in [6.45, 7) is 0. The Bertz CT molecular complexity index is 540. The maximum Gasteiger partial charge on any atom is 0.322 e. The van der Waals surface area contributed by atoms with Gasteiger partial charge in [0.25, 0.3) is 0 Å². The van der Waals surface area contributed by atoms with Crippen LogP contribution in [0.15, 0.2) is 43.0 Å². The third-order valence-electron chi connectivity index (χ3n) is 2.81. The van der Waals surface area contributed by atoms with Crippen molar-refractivity contribution in [3.63, 3.8) is 0 Å². The predicted octanol–water partition coefficient (Wildman–Crippen LogP) is 1.19. The molecule has 0 saturated carbocycles. The highest BCUT2D eigenvalue weighted by Crippen LogP contribution is 2.18. The number of rotatable bonds is 4. The van der Waals surface area contributed by atoms with Gasteiger partial charge < -0.3 is 10.5 Å². The predicted molar refractivity (Wildman–Crippen MR) is 71.2 cm³/mol. The Hall–Kier alpha value is -2.27. The van der Waals surface area contributed by atoms with Crippen LogP contribution in [0.5, 0.6) is 0 Å². The fraction of sp³-hybridized carbons (Fsp3) is 0.214. The minimum atomic E-state index is -0.629. The molecule has 5 nitrogen and oxygen atoms in total. The molecular formula is C14H15N3O2. The lowest BCUT2D eigenvalue weighted by Crippen LogP contribution is -2.33. The Morgan fingerprint density at radius 3 is 2.42 bits per heavy atom. The second-order valence-electron chi connectivity index (χ2n) is 4.16. The van der Waals surface area contributed by atoms with E-state index in [1.165, 1.54) is 13.4 Å². The first kappa shape index (κ1) is 13.2. The third kappa shape index (κ3) is 3.35. The van der Waals surface area contributed by atoms with E-state index in [-0.39, 0.29) is 0 Å². The van der Waals surface area contributed by atoms with Gasteiger partial charge in [0.15, 0.2) is 0 Å². The van der Waals surface area contributed by atoms with Gasteiger partial charge in [0.2, 0.25) is 0 Å². The second kappa shape index (κ2) is 6.06. The van der Waals surface area contributed by atoms with Crippen molar-refractivity contribution in [2.45, 2.75) is 12.5 Å². The summed E-state index contributed by atoms with van der Waals surface area (Å²) in [6, 6.07) is 7.16. The molecule has 1 aromatic heterocycles. The van der Waals surface area contributed by atoms with Crippen LogP contribution in [0, 0.1) is 0 Å². The fourth-order valence-electron chi connectivity index (χ4n) is 1.77. The number of methoxy groups -OCH3 is 1. The van der Waals surface area contributed by atoms with Crippen molar-refractivity contribution in [2.75, 3.05) is 7.11 Å². The van der Waals surface area contributed by atoms with Crippen LogP contribution < -0.4 is 5.73 Å². The first-order chi connectivity index (χ1) is 9.20. The lowest BCUT2D eigenvalue weighted by atomic mass is 10.0. The van der Waals surface area contributed by atoms with Crippen LogP contribution in [-0.4, -0.2) is 29.1 Å². The van der Waals surface area contributed by atoms with Gasteiger partial charge in [-0.25, -0.2) is 9.97 Å². The molecule has 1 atom stereocenters. The van der Waals surface area contributed by atoms with Crippen LogP contribution in [0.2, 0.25) is 0 Å². The first-order valence-electron chi connectivity index (χ1n) is 5.88. The topological polar surface area (TPSA) is 78.1 Å². The lowest BCUT2D eigenvalue weighted by Gasteiger charge is -2.09. The summed E-state index contributed by atoms with van der Waals surface area (Å²) < 4.78 is 4.60. The number of carbonyl (C=O) groups excluding carboxylic acids is 1. The van der Waals surface area contributed by atoms with Crippen molar-refractivity contribution in [1.82, 2.24) is 9.97 Å². The van der Waals surface area contributed by atoms with Gasteiger partial charge in [0, 0.05) is 18.0 Å². The number of esters is 1. The highest BCUT2D eigenvalue weighted by atomic mass is 16.5. The van der Waals surface area contributed by atoms with Gasteiger partial charge >= 0.3 is 5.97 Å². The summed E-state index contributed by atoms with van der Waals surface area (Å²) >= 11 is 0. The average molecular weight is 257 g/mol. The Labute approximate surface area is 111 Å². The lowest BCUT2D eigenvalue weighted by molar-refractivity contribution is -0.142. The highest BCUT2D eigenvalue weighted by molar-refractivity contribution is 5.75. The smallest absolute Gasteiger partial charge is 0.322 e. The highest BCUT2D eigenvalue weighted by Gasteiger charge is 2.13. The van der Waals surface area contributed by atoms with E-state index in [2.05, 4.69) is 14.7 Å². The molecule has 0 spiro atoms. The molecule has 0 bridgehead atoms. The summed E-state index contributed by atoms with van der Waals surface area (Å²) in [5, 5.41) is 0. The van der Waals surface area contributed by atoms with E-state index < -0.39 is 12.0 Å². The zero-order chi connectivity index (χ0) is 13.7. The average Bonchev–Trinajstić information content (AvgIpc) is 2.48. The first-order valence-corrected chi connectivity index (χ1v) is 5.88. The summed E-state index contributed by atoms with van der Waals surface area (Å²) in [6.07, 6.45) is 5.45. The fourth-order valence-corrected chi connectivity index (χ4v) is 1.77. The molecule has 1 unspecified atom stereocenters. The number of carbonyl (C=O) groups is 1. The van der Waals surface area contributed by atoms with Crippen molar-refractivity contribution in [2.24, 2.45) is 5.73 Å². The quantitative estimate of drug-likeness (QED) is 0.832. The molecule has 2 N–H and O–H groups in total. The SMILES string of the molecule is COC(=O)C(N)Cc1ccc(-c2cncnc2)cc1. The minimum Gasteiger partial charge on any atom is -0.468 e. The van der Waals surface area contributed by atoms with Gasteiger partial charge in [-0.05, 0) is 17.5 Å². The third-order valence-corrected chi connectivity index (χ3v) is 2.81. The molecular weight excluding hydrogens is 242 g/mol. The van der Waals surface area contributed by atoms with E-state index in [0.717, 1.165) is 16.7 Å². The van der Waals surface area contributed by atoms with E-state index in [1.807, 2.05) is 24.3 Å². The van der Waals surface area contributed by atoms with Crippen molar-refractivity contribution in [3.05, 3.63) is 48.5 Å². The number of benzene rings is 1. The van der Waals surface area contributed by atoms with Crippen LogP contribution in [-0.2, 0) is 16.0 Å². The van der Waals surface area contributed by atoms with Gasteiger partial charge in [-0.3, -0.25) is 4.79 Å². The summed E-state index contributed by atoms with van der Waals surface area (Å²) in [5.74, 6) is -0.402. The standard InChI is InChI=1S/C14H15N3O2/c1-19-14(18)13(15)6-10-2-4-11(5-3-10)12-7-16-9-17-8-12/h2-5,7-9,13H,6,15H2,1H3. The normalized spacial score (nSPS) is 11.9. The van der Waals surface area contributed by atoms with Crippen molar-refractivity contribution >= 4 is 5.97 Å². The molecule has 5 heteroatoms. The monoisotopic (exact) mass is 257 g/mol. The molecule has 0 saturated heterocycles. The molecule has 0 amide bonds. The molecule has 19 heavy (non-hydrogen) atoms. The molecule has 0 radical (unpaired) electrons. The molecule has 0 aliphatic rings. The van der Waals surface area contributed by atoms with Crippen LogP contribution in [0.25, 0.3) is 11.1 Å². The van der Waals surface area contributed by atoms with Gasteiger partial charge in [-0.1, -0.05) is 24.3 Å². The van der Waals surface area contributed by atoms with Gasteiger partial charge in [0.1, 0.15) is 12.4 Å². The number of ether oxygens (including phenoxy) is 1. The molecule has 0 aliphatic carbocycles. The maximum atomic E-state index is 11.2. The number of hydrogen-bond acceptors (Lipinski definition) is 5. The van der Waals surface area contributed by atoms with E-state index >= 15 is 0 Å². The molecule has 0 fully saturated rings. The number of hydrogen-bond donors (Lipinski definition) is 1. The largest absolute Gasteiger partial charge is 0.468 e. The van der Waals surface area contributed by atoms with E-state index in [1.54, 1.807) is 12.4 Å². The van der Waals surface area contributed by atoms with Crippen LogP contribution in [0.3, 0.4) is 0 Å². The van der Waals surface area contributed by atoms with Crippen LogP contribution >= 0.6 is 0 Å². The van der Waals surface area contributed by atoms with Crippen molar-refractivity contribution in [3.8, 4) is 11.1 Å². The number of nitrogens with two attached hydrogens (primary N) is 1.